The number of hydrazone groups is 1. The van der Waals surface area contributed by atoms with E-state index in [0.29, 0.717) is 5.13 Å². The van der Waals surface area contributed by atoms with E-state index >= 15 is 0 Å². The molecule has 0 bridgehead atoms. The van der Waals surface area contributed by atoms with Gasteiger partial charge in [0.15, 0.2) is 0 Å². The Morgan fingerprint density at radius 1 is 1.21 bits per heavy atom. The van der Waals surface area contributed by atoms with Crippen LogP contribution in [0.5, 0.6) is 5.75 Å². The van der Waals surface area contributed by atoms with E-state index < -0.39 is 22.7 Å². The average molecular weight is 408 g/mol. The summed E-state index contributed by atoms with van der Waals surface area (Å²) in [6.07, 6.45) is -3.79. The van der Waals surface area contributed by atoms with Crippen LogP contribution in [0.2, 0.25) is 0 Å². The largest absolute Gasteiger partial charge is 0.573 e. The minimum atomic E-state index is -5.02. The minimum absolute atomic E-state index is 0.216. The van der Waals surface area contributed by atoms with Crippen LogP contribution in [0.4, 0.5) is 24.0 Å². The smallest absolute Gasteiger partial charge is 0.398 e. The van der Waals surface area contributed by atoms with Crippen molar-refractivity contribution in [3.63, 3.8) is 0 Å². The highest BCUT2D eigenvalue weighted by Crippen LogP contribution is 2.32. The van der Waals surface area contributed by atoms with Gasteiger partial charge in [-0.2, -0.15) is 5.10 Å². The number of aromatic nitrogens is 1. The summed E-state index contributed by atoms with van der Waals surface area (Å²) < 4.78 is 40.6. The molecule has 1 heterocycles. The molecule has 3 rings (SSSR count). The molecule has 28 heavy (non-hydrogen) atoms. The predicted molar refractivity (Wildman–Crippen MR) is 98.5 cm³/mol. The lowest BCUT2D eigenvalue weighted by atomic mass is 10.2. The fraction of sp³-hybridized carbons (Fsp3) is 0.0588. The van der Waals surface area contributed by atoms with E-state index in [1.807, 2.05) is 35.7 Å². The van der Waals surface area contributed by atoms with Gasteiger partial charge in [-0.25, -0.2) is 4.98 Å². The number of nitro benzene ring substituents is 1. The number of benzene rings is 2. The van der Waals surface area contributed by atoms with Gasteiger partial charge in [-0.1, -0.05) is 30.3 Å². The van der Waals surface area contributed by atoms with Crippen molar-refractivity contribution in [3.05, 3.63) is 69.6 Å². The number of hydrogen-bond donors (Lipinski definition) is 1. The van der Waals surface area contributed by atoms with Crippen LogP contribution in [-0.2, 0) is 0 Å². The SMILES string of the molecule is O=[N+]([O-])c1cc(C=NNc2nc(-c3ccccc3)cs2)ccc1OC(F)(F)F. The molecule has 0 atom stereocenters. The maximum Gasteiger partial charge on any atom is 0.573 e. The quantitative estimate of drug-likeness (QED) is 0.350. The Hall–Kier alpha value is -3.47. The van der Waals surface area contributed by atoms with E-state index in [4.69, 9.17) is 0 Å². The zero-order chi connectivity index (χ0) is 20.1. The number of alkyl halides is 3. The molecule has 0 saturated carbocycles. The summed E-state index contributed by atoms with van der Waals surface area (Å²) in [4.78, 5) is 14.4. The Kier molecular flexibility index (Phi) is 5.54. The molecular weight excluding hydrogens is 397 g/mol. The zero-order valence-electron chi connectivity index (χ0n) is 13.9. The maximum atomic E-state index is 12.3. The van der Waals surface area contributed by atoms with Crippen LogP contribution in [0.15, 0.2) is 59.0 Å². The molecule has 0 radical (unpaired) electrons. The fourth-order valence-corrected chi connectivity index (χ4v) is 2.87. The molecule has 3 aromatic rings. The molecule has 0 amide bonds. The van der Waals surface area contributed by atoms with E-state index in [9.17, 15) is 23.3 Å². The van der Waals surface area contributed by atoms with Crippen molar-refractivity contribution in [2.75, 3.05) is 5.43 Å². The highest BCUT2D eigenvalue weighted by molar-refractivity contribution is 7.14. The average Bonchev–Trinajstić information content (AvgIpc) is 3.11. The lowest BCUT2D eigenvalue weighted by Gasteiger charge is -2.09. The third kappa shape index (κ3) is 5.04. The number of halogens is 3. The number of hydrogen-bond acceptors (Lipinski definition) is 7. The molecule has 144 valence electrons. The van der Waals surface area contributed by atoms with Crippen LogP contribution in [0.1, 0.15) is 5.56 Å². The van der Waals surface area contributed by atoms with E-state index in [0.717, 1.165) is 23.4 Å². The number of rotatable bonds is 6. The van der Waals surface area contributed by atoms with Crippen LogP contribution in [-0.4, -0.2) is 22.5 Å². The van der Waals surface area contributed by atoms with Crippen LogP contribution in [0.3, 0.4) is 0 Å². The Morgan fingerprint density at radius 3 is 2.64 bits per heavy atom. The van der Waals surface area contributed by atoms with Gasteiger partial charge in [-0.15, -0.1) is 24.5 Å². The first-order valence-corrected chi connectivity index (χ1v) is 8.54. The number of ether oxygens (including phenoxy) is 1. The van der Waals surface area contributed by atoms with Crippen molar-refractivity contribution in [1.82, 2.24) is 4.98 Å². The van der Waals surface area contributed by atoms with Crippen molar-refractivity contribution in [2.45, 2.75) is 6.36 Å². The summed E-state index contributed by atoms with van der Waals surface area (Å²) in [7, 11) is 0. The molecule has 0 saturated heterocycles. The van der Waals surface area contributed by atoms with E-state index in [1.54, 1.807) is 0 Å². The van der Waals surface area contributed by atoms with Gasteiger partial charge in [0, 0.05) is 22.6 Å². The lowest BCUT2D eigenvalue weighted by Crippen LogP contribution is -2.18. The highest BCUT2D eigenvalue weighted by atomic mass is 32.1. The summed E-state index contributed by atoms with van der Waals surface area (Å²) >= 11 is 1.31. The van der Waals surface area contributed by atoms with Gasteiger partial charge in [0.25, 0.3) is 0 Å². The van der Waals surface area contributed by atoms with Crippen molar-refractivity contribution in [2.24, 2.45) is 5.10 Å². The second kappa shape index (κ2) is 8.05. The number of nitrogens with one attached hydrogen (secondary N) is 1. The molecule has 0 spiro atoms. The Labute approximate surface area is 160 Å². The predicted octanol–water partition coefficient (Wildman–Crippen LogP) is 5.06. The first-order valence-electron chi connectivity index (χ1n) is 7.66. The van der Waals surface area contributed by atoms with Gasteiger partial charge < -0.3 is 4.74 Å². The summed E-state index contributed by atoms with van der Waals surface area (Å²) in [5.41, 5.74) is 3.77. The molecule has 2 aromatic carbocycles. The molecule has 0 fully saturated rings. The highest BCUT2D eigenvalue weighted by Gasteiger charge is 2.34. The Balaban J connectivity index is 1.71. The molecule has 0 unspecified atom stereocenters. The third-order valence-corrected chi connectivity index (χ3v) is 4.10. The van der Waals surface area contributed by atoms with Crippen molar-refractivity contribution in [1.29, 1.82) is 0 Å². The topological polar surface area (TPSA) is 89.7 Å². The molecule has 1 N–H and O–H groups in total. The third-order valence-electron chi connectivity index (χ3n) is 3.35. The van der Waals surface area contributed by atoms with Crippen LogP contribution < -0.4 is 10.2 Å². The van der Waals surface area contributed by atoms with Gasteiger partial charge in [0.1, 0.15) is 0 Å². The van der Waals surface area contributed by atoms with E-state index in [2.05, 4.69) is 20.2 Å². The van der Waals surface area contributed by atoms with Gasteiger partial charge in [-0.05, 0) is 12.1 Å². The Bertz CT molecular complexity index is 1010. The number of anilines is 1. The molecule has 0 aliphatic carbocycles. The van der Waals surface area contributed by atoms with Gasteiger partial charge in [-0.3, -0.25) is 15.5 Å². The van der Waals surface area contributed by atoms with Crippen molar-refractivity contribution >= 4 is 28.4 Å². The number of nitrogens with zero attached hydrogens (tertiary/aromatic N) is 3. The Morgan fingerprint density at radius 2 is 1.96 bits per heavy atom. The van der Waals surface area contributed by atoms with Crippen LogP contribution in [0.25, 0.3) is 11.3 Å². The molecular formula is C17H11F3N4O3S. The molecule has 0 aliphatic rings. The maximum absolute atomic E-state index is 12.3. The van der Waals surface area contributed by atoms with Crippen molar-refractivity contribution < 1.29 is 22.8 Å². The molecule has 0 aliphatic heterocycles. The summed E-state index contributed by atoms with van der Waals surface area (Å²) in [6.45, 7) is 0. The van der Waals surface area contributed by atoms with E-state index in [-0.39, 0.29) is 5.56 Å². The fourth-order valence-electron chi connectivity index (χ4n) is 2.20. The summed E-state index contributed by atoms with van der Waals surface area (Å²) in [5, 5.41) is 17.2. The van der Waals surface area contributed by atoms with E-state index in [1.165, 1.54) is 23.6 Å². The van der Waals surface area contributed by atoms with Gasteiger partial charge >= 0.3 is 12.0 Å². The number of nitro groups is 1. The standard InChI is InChI=1S/C17H11F3N4O3S/c18-17(19,20)27-15-7-6-11(8-14(15)24(25)26)9-21-23-16-22-13(10-28-16)12-4-2-1-3-5-12/h1-10H,(H,22,23). The minimum Gasteiger partial charge on any atom is -0.398 e. The second-order valence-electron chi connectivity index (χ2n) is 5.31. The van der Waals surface area contributed by atoms with Crippen molar-refractivity contribution in [3.8, 4) is 17.0 Å². The first-order chi connectivity index (χ1) is 13.3. The van der Waals surface area contributed by atoms with Crippen LogP contribution in [0, 0.1) is 10.1 Å². The van der Waals surface area contributed by atoms with Gasteiger partial charge in [0.05, 0.1) is 16.8 Å². The zero-order valence-corrected chi connectivity index (χ0v) is 14.7. The second-order valence-corrected chi connectivity index (χ2v) is 6.16. The monoisotopic (exact) mass is 408 g/mol. The lowest BCUT2D eigenvalue weighted by molar-refractivity contribution is -0.388. The first kappa shape index (κ1) is 19.3. The molecule has 7 nitrogen and oxygen atoms in total. The normalized spacial score (nSPS) is 11.5. The molecule has 1 aromatic heterocycles. The van der Waals surface area contributed by atoms with Crippen LogP contribution >= 0.6 is 11.3 Å². The summed E-state index contributed by atoms with van der Waals surface area (Å²) in [5.74, 6) is -0.893. The number of thiazole rings is 1. The molecule has 11 heteroatoms. The van der Waals surface area contributed by atoms with Gasteiger partial charge in [0.2, 0.25) is 10.9 Å². The summed E-state index contributed by atoms with van der Waals surface area (Å²) in [6, 6.07) is 12.5.